The first-order chi connectivity index (χ1) is 18.1. The minimum Gasteiger partial charge on any atom is -0.591 e. The van der Waals surface area contributed by atoms with Gasteiger partial charge < -0.3 is 9.45 Å². The third-order valence-corrected chi connectivity index (χ3v) is 7.79. The monoisotopic (exact) mass is 599 g/mol. The number of nitrogens with zero attached hydrogens (tertiary/aromatic N) is 7. The molecule has 38 heavy (non-hydrogen) atoms. The number of anilines is 1. The average Bonchev–Trinajstić information content (AvgIpc) is 3.27. The summed E-state index contributed by atoms with van der Waals surface area (Å²) >= 11 is 1.80. The van der Waals surface area contributed by atoms with Crippen molar-refractivity contribution in [3.8, 4) is 0 Å². The Morgan fingerprint density at radius 2 is 1.89 bits per heavy atom. The smallest absolute Gasteiger partial charge is 0.156 e. The first-order valence-electron chi connectivity index (χ1n) is 11.8. The fourth-order valence-corrected chi connectivity index (χ4v) is 5.02. The number of benzene rings is 1. The van der Waals surface area contributed by atoms with Crippen molar-refractivity contribution in [1.29, 1.82) is 0 Å². The molecular weight excluding hydrogens is 576 g/mol. The Labute approximate surface area is 230 Å². The van der Waals surface area contributed by atoms with Gasteiger partial charge in [0.25, 0.3) is 0 Å². The molecule has 3 aromatic heterocycles. The number of hydrogen-bond acceptors (Lipinski definition) is 7. The molecule has 1 aliphatic rings. The van der Waals surface area contributed by atoms with E-state index >= 15 is 0 Å². The Hall–Kier alpha value is -3.22. The minimum atomic E-state index is -1.68. The Morgan fingerprint density at radius 3 is 2.55 bits per heavy atom. The van der Waals surface area contributed by atoms with Crippen LogP contribution in [0.5, 0.6) is 0 Å². The number of rotatable bonds is 5. The highest BCUT2D eigenvalue weighted by Crippen LogP contribution is 2.28. The summed E-state index contributed by atoms with van der Waals surface area (Å²) in [5.41, 5.74) is 2.40. The summed E-state index contributed by atoms with van der Waals surface area (Å²) in [6.07, 6.45) is 9.23. The lowest BCUT2D eigenvalue weighted by atomic mass is 10.0. The van der Waals surface area contributed by atoms with Gasteiger partial charge in [-0.25, -0.2) is 28.2 Å². The zero-order chi connectivity index (χ0) is 27.0. The number of hydrogen-bond donors (Lipinski definition) is 0. The molecule has 12 heteroatoms. The van der Waals surface area contributed by atoms with Crippen LogP contribution in [0.4, 0.5) is 14.6 Å². The molecule has 196 valence electrons. The van der Waals surface area contributed by atoms with Crippen LogP contribution >= 0.6 is 15.9 Å². The maximum Gasteiger partial charge on any atom is 0.156 e. The molecule has 0 amide bonds. The molecule has 0 N–H and O–H groups in total. The van der Waals surface area contributed by atoms with E-state index in [2.05, 4.69) is 51.4 Å². The molecule has 5 rings (SSSR count). The van der Waals surface area contributed by atoms with Crippen LogP contribution in [0.3, 0.4) is 0 Å². The Balaban J connectivity index is 1.41. The molecule has 8 nitrogen and oxygen atoms in total. The maximum atomic E-state index is 14.7. The van der Waals surface area contributed by atoms with Gasteiger partial charge in [0.15, 0.2) is 11.6 Å². The van der Waals surface area contributed by atoms with Gasteiger partial charge in [0, 0.05) is 53.3 Å². The summed E-state index contributed by atoms with van der Waals surface area (Å²) < 4.78 is 47.4. The summed E-state index contributed by atoms with van der Waals surface area (Å²) in [4.78, 5) is 15.6. The molecule has 0 saturated heterocycles. The number of fused-ring (bicyclic) bond motifs is 1. The van der Waals surface area contributed by atoms with Gasteiger partial charge in [0.2, 0.25) is 0 Å². The molecule has 0 radical (unpaired) electrons. The first-order valence-corrected chi connectivity index (χ1v) is 13.7. The van der Waals surface area contributed by atoms with Crippen LogP contribution in [0.1, 0.15) is 44.1 Å². The van der Waals surface area contributed by atoms with E-state index in [0.717, 1.165) is 33.5 Å². The average molecular weight is 600 g/mol. The predicted octanol–water partition coefficient (Wildman–Crippen LogP) is 5.15. The van der Waals surface area contributed by atoms with Crippen LogP contribution in [0.15, 0.2) is 64.1 Å². The van der Waals surface area contributed by atoms with Gasteiger partial charge in [-0.05, 0) is 66.9 Å². The molecule has 0 aliphatic carbocycles. The lowest BCUT2D eigenvalue weighted by molar-refractivity contribution is 0.561. The van der Waals surface area contributed by atoms with E-state index in [9.17, 15) is 13.3 Å². The fraction of sp³-hybridized carbons (Fsp3) is 0.269. The molecule has 0 saturated carbocycles. The SMILES string of the molecule is CC(C)(C)[S@+]([O-])/N=C(\c1cnc(C2=CCN(c3ncnn4cc(Br)cc34)CC2)nc1)c1ccc(F)cc1F. The van der Waals surface area contributed by atoms with Crippen molar-refractivity contribution >= 4 is 49.9 Å². The summed E-state index contributed by atoms with van der Waals surface area (Å²) in [6, 6.07) is 5.17. The van der Waals surface area contributed by atoms with E-state index in [-0.39, 0.29) is 11.3 Å². The van der Waals surface area contributed by atoms with E-state index in [4.69, 9.17) is 0 Å². The van der Waals surface area contributed by atoms with Crippen molar-refractivity contribution in [2.75, 3.05) is 18.0 Å². The van der Waals surface area contributed by atoms with Crippen LogP contribution in [-0.4, -0.2) is 52.7 Å². The molecule has 0 spiro atoms. The maximum absolute atomic E-state index is 14.7. The predicted molar refractivity (Wildman–Crippen MR) is 147 cm³/mol. The van der Waals surface area contributed by atoms with Gasteiger partial charge in [0.1, 0.15) is 45.3 Å². The molecule has 0 bridgehead atoms. The summed E-state index contributed by atoms with van der Waals surface area (Å²) in [5, 5.41) is 4.25. The van der Waals surface area contributed by atoms with Gasteiger partial charge in [0.05, 0.1) is 0 Å². The molecule has 4 heterocycles. The van der Waals surface area contributed by atoms with E-state index in [1.807, 2.05) is 12.3 Å². The van der Waals surface area contributed by atoms with Crippen LogP contribution in [0.25, 0.3) is 11.1 Å². The second-order valence-corrected chi connectivity index (χ2v) is 12.5. The lowest BCUT2D eigenvalue weighted by Gasteiger charge is -2.27. The molecule has 1 aromatic carbocycles. The highest BCUT2D eigenvalue weighted by molar-refractivity contribution is 9.10. The van der Waals surface area contributed by atoms with Crippen molar-refractivity contribution in [3.63, 3.8) is 0 Å². The quantitative estimate of drug-likeness (QED) is 0.232. The standard InChI is InChI=1S/C26H24BrF2N7OS/c1-26(2,3)38(37)34-23(20-5-4-19(28)11-21(20)29)17-12-30-24(31-13-17)16-6-8-35(9-7-16)25-22-10-18(27)14-36(22)33-15-32-25/h4-6,10-15H,7-9H2,1-3H3/b34-23+/t38-/m0/s1. The van der Waals surface area contributed by atoms with Gasteiger partial charge >= 0.3 is 0 Å². The molecule has 4 aromatic rings. The normalized spacial score (nSPS) is 15.6. The topological polar surface area (TPSA) is 94.6 Å². The number of aromatic nitrogens is 5. The molecule has 0 unspecified atom stereocenters. The van der Waals surface area contributed by atoms with Crippen molar-refractivity contribution in [2.24, 2.45) is 4.40 Å². The van der Waals surface area contributed by atoms with E-state index in [1.165, 1.54) is 24.8 Å². The zero-order valence-corrected chi connectivity index (χ0v) is 23.3. The van der Waals surface area contributed by atoms with Gasteiger partial charge in [-0.3, -0.25) is 0 Å². The highest BCUT2D eigenvalue weighted by Gasteiger charge is 2.29. The van der Waals surface area contributed by atoms with E-state index in [0.29, 0.717) is 30.9 Å². The lowest BCUT2D eigenvalue weighted by Crippen LogP contribution is -2.30. The number of halogens is 3. The van der Waals surface area contributed by atoms with Crippen molar-refractivity contribution < 1.29 is 13.3 Å². The van der Waals surface area contributed by atoms with Crippen molar-refractivity contribution in [2.45, 2.75) is 31.9 Å². The van der Waals surface area contributed by atoms with Gasteiger partial charge in [-0.2, -0.15) is 5.10 Å². The minimum absolute atomic E-state index is 0.0288. The second kappa shape index (κ2) is 10.5. The van der Waals surface area contributed by atoms with Crippen LogP contribution in [-0.2, 0) is 11.4 Å². The Morgan fingerprint density at radius 1 is 1.13 bits per heavy atom. The second-order valence-electron chi connectivity index (χ2n) is 9.72. The van der Waals surface area contributed by atoms with Crippen LogP contribution in [0.2, 0.25) is 0 Å². The highest BCUT2D eigenvalue weighted by atomic mass is 79.9. The van der Waals surface area contributed by atoms with E-state index < -0.39 is 27.7 Å². The van der Waals surface area contributed by atoms with Crippen molar-refractivity contribution in [3.05, 3.63) is 88.3 Å². The fourth-order valence-electron chi connectivity index (χ4n) is 3.97. The Bertz CT molecular complexity index is 1550. The largest absolute Gasteiger partial charge is 0.591 e. The third kappa shape index (κ3) is 5.47. The van der Waals surface area contributed by atoms with Gasteiger partial charge in [-0.15, -0.1) is 0 Å². The van der Waals surface area contributed by atoms with E-state index in [1.54, 1.807) is 25.3 Å². The Kier molecular flexibility index (Phi) is 7.30. The molecule has 1 atom stereocenters. The van der Waals surface area contributed by atoms with Crippen LogP contribution < -0.4 is 4.90 Å². The van der Waals surface area contributed by atoms with Gasteiger partial charge in [-0.1, -0.05) is 10.5 Å². The molecule has 1 aliphatic heterocycles. The van der Waals surface area contributed by atoms with Crippen molar-refractivity contribution in [1.82, 2.24) is 24.6 Å². The molecule has 0 fully saturated rings. The first kappa shape index (κ1) is 26.4. The third-order valence-electron chi connectivity index (χ3n) is 5.96. The summed E-state index contributed by atoms with van der Waals surface area (Å²) in [6.45, 7) is 6.64. The zero-order valence-electron chi connectivity index (χ0n) is 20.9. The summed E-state index contributed by atoms with van der Waals surface area (Å²) in [7, 11) is 0. The summed E-state index contributed by atoms with van der Waals surface area (Å²) in [5.74, 6) is -0.129. The van der Waals surface area contributed by atoms with Crippen LogP contribution in [0, 0.1) is 11.6 Å². The molecular formula is C26H24BrF2N7OS.